The maximum atomic E-state index is 11.2. The first-order chi connectivity index (χ1) is 7.72. The van der Waals surface area contributed by atoms with Crippen molar-refractivity contribution in [2.24, 2.45) is 5.92 Å². The Morgan fingerprint density at radius 1 is 1.56 bits per heavy atom. The average molecular weight is 214 g/mol. The molecule has 0 bridgehead atoms. The van der Waals surface area contributed by atoms with E-state index in [0.717, 1.165) is 12.0 Å². The Kier molecular flexibility index (Phi) is 2.91. The van der Waals surface area contributed by atoms with Crippen molar-refractivity contribution in [3.63, 3.8) is 0 Å². The smallest absolute Gasteiger partial charge is 0.217 e. The molecule has 1 amide bonds. The van der Waals surface area contributed by atoms with Gasteiger partial charge in [0.25, 0.3) is 0 Å². The van der Waals surface area contributed by atoms with Gasteiger partial charge in [-0.2, -0.15) is 5.26 Å². The molecule has 0 fully saturated rings. The van der Waals surface area contributed by atoms with Gasteiger partial charge in [0.1, 0.15) is 0 Å². The van der Waals surface area contributed by atoms with E-state index in [1.54, 1.807) is 0 Å². The maximum Gasteiger partial charge on any atom is 0.217 e. The molecule has 1 aromatic rings. The lowest BCUT2D eigenvalue weighted by atomic mass is 9.98. The van der Waals surface area contributed by atoms with Crippen LogP contribution in [0.2, 0.25) is 0 Å². The molecule has 0 aromatic heterocycles. The molecule has 1 aliphatic carbocycles. The Hall–Kier alpha value is -1.82. The minimum absolute atomic E-state index is 0.00773. The first kappa shape index (κ1) is 10.7. The summed E-state index contributed by atoms with van der Waals surface area (Å²) >= 11 is 0. The Morgan fingerprint density at radius 3 is 3.00 bits per heavy atom. The zero-order chi connectivity index (χ0) is 11.5. The Balaban J connectivity index is 2.29. The first-order valence-corrected chi connectivity index (χ1v) is 5.44. The van der Waals surface area contributed by atoms with Gasteiger partial charge in [-0.15, -0.1) is 0 Å². The van der Waals surface area contributed by atoms with Crippen LogP contribution in [0, 0.1) is 17.2 Å². The third kappa shape index (κ3) is 1.92. The molecule has 82 valence electrons. The fourth-order valence-electron chi connectivity index (χ4n) is 2.40. The quantitative estimate of drug-likeness (QED) is 0.818. The molecule has 0 heterocycles. The van der Waals surface area contributed by atoms with Gasteiger partial charge in [0, 0.05) is 19.3 Å². The molecule has 16 heavy (non-hydrogen) atoms. The number of carbonyl (C=O) groups is 1. The zero-order valence-electron chi connectivity index (χ0n) is 9.23. The second-order valence-electron chi connectivity index (χ2n) is 4.20. The van der Waals surface area contributed by atoms with Crippen molar-refractivity contribution in [3.05, 3.63) is 35.4 Å². The minimum Gasteiger partial charge on any atom is -0.349 e. The fourth-order valence-corrected chi connectivity index (χ4v) is 2.40. The molecule has 3 nitrogen and oxygen atoms in total. The summed E-state index contributed by atoms with van der Waals surface area (Å²) in [5.41, 5.74) is 2.42. The van der Waals surface area contributed by atoms with Gasteiger partial charge in [-0.05, 0) is 17.5 Å². The lowest BCUT2D eigenvalue weighted by Gasteiger charge is -2.18. The van der Waals surface area contributed by atoms with Crippen LogP contribution in [0.4, 0.5) is 0 Å². The first-order valence-electron chi connectivity index (χ1n) is 5.44. The predicted octanol–water partition coefficient (Wildman–Crippen LogP) is 1.95. The van der Waals surface area contributed by atoms with E-state index in [1.165, 1.54) is 12.5 Å². The van der Waals surface area contributed by atoms with Gasteiger partial charge in [-0.3, -0.25) is 4.79 Å². The fraction of sp³-hybridized carbons (Fsp3) is 0.385. The van der Waals surface area contributed by atoms with Crippen molar-refractivity contribution in [1.29, 1.82) is 5.26 Å². The molecule has 3 heteroatoms. The summed E-state index contributed by atoms with van der Waals surface area (Å²) in [4.78, 5) is 11.2. The van der Waals surface area contributed by atoms with Crippen LogP contribution in [-0.4, -0.2) is 5.91 Å². The molecule has 0 radical (unpaired) electrons. The van der Waals surface area contributed by atoms with Gasteiger partial charge < -0.3 is 5.32 Å². The van der Waals surface area contributed by atoms with Crippen LogP contribution in [0.5, 0.6) is 0 Å². The van der Waals surface area contributed by atoms with Gasteiger partial charge in [0.2, 0.25) is 5.91 Å². The third-order valence-electron chi connectivity index (χ3n) is 3.06. The number of hydrogen-bond donors (Lipinski definition) is 1. The van der Waals surface area contributed by atoms with Crippen molar-refractivity contribution in [1.82, 2.24) is 5.32 Å². The maximum absolute atomic E-state index is 11.2. The topological polar surface area (TPSA) is 52.9 Å². The Labute approximate surface area is 95.1 Å². The number of benzene rings is 1. The minimum atomic E-state index is -0.0374. The summed E-state index contributed by atoms with van der Waals surface area (Å²) in [6.45, 7) is 1.52. The average Bonchev–Trinajstić information content (AvgIpc) is 2.57. The number of hydrogen-bond acceptors (Lipinski definition) is 2. The normalized spacial score (nSPS) is 22.2. The largest absolute Gasteiger partial charge is 0.349 e. The summed E-state index contributed by atoms with van der Waals surface area (Å²) in [5, 5.41) is 11.7. The number of rotatable bonds is 2. The highest BCUT2D eigenvalue weighted by Gasteiger charge is 2.32. The van der Waals surface area contributed by atoms with E-state index < -0.39 is 0 Å². The number of carbonyl (C=O) groups excluding carboxylic acids is 1. The standard InChI is InChI=1S/C13H14N2O/c1-9(16)15-13-11(6-7-14)8-10-4-2-3-5-12(10)13/h2-5,11,13H,6,8H2,1H3,(H,15,16)/t11-,13-/m0/s1. The van der Waals surface area contributed by atoms with Crippen LogP contribution >= 0.6 is 0 Å². The summed E-state index contributed by atoms with van der Waals surface area (Å²) in [6.07, 6.45) is 1.37. The highest BCUT2D eigenvalue weighted by Crippen LogP contribution is 2.37. The van der Waals surface area contributed by atoms with Gasteiger partial charge in [-0.25, -0.2) is 0 Å². The van der Waals surface area contributed by atoms with E-state index in [2.05, 4.69) is 17.5 Å². The van der Waals surface area contributed by atoms with Crippen LogP contribution in [0.15, 0.2) is 24.3 Å². The van der Waals surface area contributed by atoms with E-state index in [0.29, 0.717) is 6.42 Å². The van der Waals surface area contributed by atoms with Crippen molar-refractivity contribution < 1.29 is 4.79 Å². The van der Waals surface area contributed by atoms with E-state index >= 15 is 0 Å². The van der Waals surface area contributed by atoms with Gasteiger partial charge >= 0.3 is 0 Å². The molecule has 0 aliphatic heterocycles. The van der Waals surface area contributed by atoms with Gasteiger partial charge in [0.05, 0.1) is 12.1 Å². The monoisotopic (exact) mass is 214 g/mol. The number of amides is 1. The van der Waals surface area contributed by atoms with Crippen molar-refractivity contribution >= 4 is 5.91 Å². The molecule has 1 N–H and O–H groups in total. The molecule has 0 saturated heterocycles. The lowest BCUT2D eigenvalue weighted by molar-refractivity contribution is -0.120. The zero-order valence-corrected chi connectivity index (χ0v) is 9.23. The number of nitriles is 1. The van der Waals surface area contributed by atoms with Crippen LogP contribution < -0.4 is 5.32 Å². The molecule has 0 saturated carbocycles. The molecule has 0 spiro atoms. The molecule has 1 aromatic carbocycles. The summed E-state index contributed by atoms with van der Waals surface area (Å²) in [5.74, 6) is 0.177. The van der Waals surface area contributed by atoms with Crippen LogP contribution in [-0.2, 0) is 11.2 Å². The molecular formula is C13H14N2O. The molecule has 2 atom stereocenters. The van der Waals surface area contributed by atoms with Crippen molar-refractivity contribution in [2.45, 2.75) is 25.8 Å². The van der Waals surface area contributed by atoms with Crippen LogP contribution in [0.25, 0.3) is 0 Å². The SMILES string of the molecule is CC(=O)N[C@@H]1c2ccccc2C[C@@H]1CC#N. The second kappa shape index (κ2) is 4.36. The second-order valence-corrected chi connectivity index (χ2v) is 4.20. The van der Waals surface area contributed by atoms with Crippen LogP contribution in [0.1, 0.15) is 30.5 Å². The summed E-state index contributed by atoms with van der Waals surface area (Å²) in [7, 11) is 0. The molecular weight excluding hydrogens is 200 g/mol. The highest BCUT2D eigenvalue weighted by molar-refractivity contribution is 5.73. The number of nitrogens with one attached hydrogen (secondary N) is 1. The Bertz CT molecular complexity index is 447. The van der Waals surface area contributed by atoms with E-state index in [-0.39, 0.29) is 17.9 Å². The number of fused-ring (bicyclic) bond motifs is 1. The van der Waals surface area contributed by atoms with E-state index in [1.807, 2.05) is 18.2 Å². The van der Waals surface area contributed by atoms with E-state index in [4.69, 9.17) is 5.26 Å². The van der Waals surface area contributed by atoms with Crippen LogP contribution in [0.3, 0.4) is 0 Å². The summed E-state index contributed by atoms with van der Waals surface area (Å²) in [6, 6.07) is 10.3. The molecule has 1 aliphatic rings. The molecule has 0 unspecified atom stereocenters. The van der Waals surface area contributed by atoms with E-state index in [9.17, 15) is 4.79 Å². The highest BCUT2D eigenvalue weighted by atomic mass is 16.1. The predicted molar refractivity (Wildman–Crippen MR) is 60.4 cm³/mol. The molecule has 2 rings (SSSR count). The lowest BCUT2D eigenvalue weighted by Crippen LogP contribution is -2.29. The van der Waals surface area contributed by atoms with Gasteiger partial charge in [0.15, 0.2) is 0 Å². The number of nitrogens with zero attached hydrogens (tertiary/aromatic N) is 1. The third-order valence-corrected chi connectivity index (χ3v) is 3.06. The van der Waals surface area contributed by atoms with Crippen molar-refractivity contribution in [3.8, 4) is 6.07 Å². The Morgan fingerprint density at radius 2 is 2.31 bits per heavy atom. The summed E-state index contributed by atoms with van der Waals surface area (Å²) < 4.78 is 0. The van der Waals surface area contributed by atoms with Gasteiger partial charge in [-0.1, -0.05) is 24.3 Å². The van der Waals surface area contributed by atoms with Crippen molar-refractivity contribution in [2.75, 3.05) is 0 Å².